The van der Waals surface area contributed by atoms with Crippen LogP contribution in [0.4, 0.5) is 11.9 Å². The number of hydrogen-bond donors (Lipinski definition) is 2. The van der Waals surface area contributed by atoms with Crippen LogP contribution >= 0.6 is 23.1 Å². The van der Waals surface area contributed by atoms with E-state index in [1.807, 2.05) is 19.0 Å². The maximum absolute atomic E-state index is 6.07. The molecule has 0 amide bonds. The van der Waals surface area contributed by atoms with Crippen LogP contribution < -0.4 is 15.0 Å². The number of rotatable bonds is 5. The maximum atomic E-state index is 6.07. The summed E-state index contributed by atoms with van der Waals surface area (Å²) in [5.74, 6) is 1.65. The fourth-order valence-corrected chi connectivity index (χ4v) is 2.23. The highest BCUT2D eigenvalue weighted by Crippen LogP contribution is 2.30. The van der Waals surface area contributed by atoms with Crippen molar-refractivity contribution in [2.75, 3.05) is 31.4 Å². The van der Waals surface area contributed by atoms with Gasteiger partial charge in [0.25, 0.3) is 0 Å². The highest BCUT2D eigenvalue weighted by molar-refractivity contribution is 7.06. The van der Waals surface area contributed by atoms with Crippen molar-refractivity contribution >= 4 is 35.0 Å². The summed E-state index contributed by atoms with van der Waals surface area (Å²) in [6.45, 7) is 0.516. The number of aromatic amines is 1. The van der Waals surface area contributed by atoms with Crippen LogP contribution in [0.25, 0.3) is 0 Å². The molecule has 2 aromatic rings. The van der Waals surface area contributed by atoms with Gasteiger partial charge in [-0.2, -0.15) is 9.36 Å². The molecule has 7 nitrogen and oxygen atoms in total. The van der Waals surface area contributed by atoms with Gasteiger partial charge in [0, 0.05) is 14.1 Å². The number of nitrogens with zero attached hydrogens (tertiary/aromatic N) is 4. The van der Waals surface area contributed by atoms with Crippen LogP contribution in [-0.2, 0) is 6.54 Å². The van der Waals surface area contributed by atoms with Crippen molar-refractivity contribution in [2.45, 2.75) is 6.54 Å². The molecule has 0 saturated heterocycles. The third-order valence-corrected chi connectivity index (χ3v) is 3.48. The highest BCUT2D eigenvalue weighted by Gasteiger charge is 2.12. The summed E-state index contributed by atoms with van der Waals surface area (Å²) in [5, 5.41) is 10.4. The number of nitrogens with one attached hydrogen (secondary N) is 2. The maximum Gasteiger partial charge on any atom is 0.245 e. The fourth-order valence-electron chi connectivity index (χ4n) is 1.23. The molecule has 98 valence electrons. The lowest BCUT2D eigenvalue weighted by molar-refractivity contribution is 0.402. The van der Waals surface area contributed by atoms with Crippen LogP contribution in [0, 0.1) is 0 Å². The van der Waals surface area contributed by atoms with Crippen LogP contribution in [-0.4, -0.2) is 40.8 Å². The molecule has 0 aliphatic carbocycles. The molecule has 0 saturated carbocycles. The van der Waals surface area contributed by atoms with Crippen LogP contribution in [0.2, 0.25) is 5.02 Å². The second kappa shape index (κ2) is 5.40. The molecule has 0 bridgehead atoms. The summed E-state index contributed by atoms with van der Waals surface area (Å²) in [4.78, 5) is 6.93. The van der Waals surface area contributed by atoms with Crippen molar-refractivity contribution in [1.29, 1.82) is 0 Å². The predicted molar refractivity (Wildman–Crippen MR) is 71.7 cm³/mol. The Labute approximate surface area is 113 Å². The molecule has 2 rings (SSSR count). The zero-order chi connectivity index (χ0) is 13.1. The minimum Gasteiger partial charge on any atom is -0.479 e. The predicted octanol–water partition coefficient (Wildman–Crippen LogP) is 1.60. The van der Waals surface area contributed by atoms with E-state index < -0.39 is 0 Å². The van der Waals surface area contributed by atoms with Gasteiger partial charge in [0.2, 0.25) is 17.8 Å². The summed E-state index contributed by atoms with van der Waals surface area (Å²) >= 11 is 7.37. The molecular formula is C9H13ClN6OS. The first-order valence-electron chi connectivity index (χ1n) is 5.13. The largest absolute Gasteiger partial charge is 0.479 e. The monoisotopic (exact) mass is 288 g/mol. The van der Waals surface area contributed by atoms with Crippen molar-refractivity contribution in [3.63, 3.8) is 0 Å². The van der Waals surface area contributed by atoms with E-state index in [0.717, 1.165) is 4.88 Å². The lowest BCUT2D eigenvalue weighted by Gasteiger charge is -2.03. The highest BCUT2D eigenvalue weighted by atomic mass is 35.5. The lowest BCUT2D eigenvalue weighted by atomic mass is 10.4. The summed E-state index contributed by atoms with van der Waals surface area (Å²) < 4.78 is 9.08. The molecule has 9 heteroatoms. The van der Waals surface area contributed by atoms with Gasteiger partial charge < -0.3 is 15.0 Å². The normalized spacial score (nSPS) is 10.4. The first kappa shape index (κ1) is 12.9. The van der Waals surface area contributed by atoms with E-state index in [1.165, 1.54) is 18.6 Å². The van der Waals surface area contributed by atoms with Crippen molar-refractivity contribution < 1.29 is 4.74 Å². The summed E-state index contributed by atoms with van der Waals surface area (Å²) in [6.07, 6.45) is 0. The quantitative estimate of drug-likeness (QED) is 0.870. The standard InChI is InChI=1S/C9H13ClN6OS/c1-16(2)9-12-8(13-14-9)11-4-5-6(10)7(17-3)15-18-5/h4H2,1-3H3,(H2,11,12,13,14). The molecule has 2 aromatic heterocycles. The zero-order valence-corrected chi connectivity index (χ0v) is 11.8. The molecule has 0 aliphatic rings. The Bertz CT molecular complexity index is 525. The Morgan fingerprint density at radius 1 is 1.50 bits per heavy atom. The van der Waals surface area contributed by atoms with E-state index in [4.69, 9.17) is 16.3 Å². The number of anilines is 2. The van der Waals surface area contributed by atoms with Crippen molar-refractivity contribution in [3.8, 4) is 5.88 Å². The van der Waals surface area contributed by atoms with Crippen LogP contribution in [0.3, 0.4) is 0 Å². The van der Waals surface area contributed by atoms with Gasteiger partial charge >= 0.3 is 0 Å². The zero-order valence-electron chi connectivity index (χ0n) is 10.2. The molecule has 18 heavy (non-hydrogen) atoms. The summed E-state index contributed by atoms with van der Waals surface area (Å²) in [7, 11) is 5.29. The van der Waals surface area contributed by atoms with Gasteiger partial charge in [0.1, 0.15) is 5.02 Å². The van der Waals surface area contributed by atoms with Crippen molar-refractivity contribution in [3.05, 3.63) is 9.90 Å². The SMILES string of the molecule is COc1nsc(CNc2nc(N(C)C)n[nH]2)c1Cl. The topological polar surface area (TPSA) is 79.0 Å². The molecule has 0 spiro atoms. The molecule has 2 heterocycles. The average Bonchev–Trinajstić information content (AvgIpc) is 2.93. The van der Waals surface area contributed by atoms with Gasteiger partial charge in [0.05, 0.1) is 18.5 Å². The molecule has 0 radical (unpaired) electrons. The number of halogens is 1. The lowest BCUT2D eigenvalue weighted by Crippen LogP contribution is -2.10. The average molecular weight is 289 g/mol. The number of ether oxygens (including phenoxy) is 1. The van der Waals surface area contributed by atoms with Gasteiger partial charge in [-0.1, -0.05) is 11.6 Å². The first-order valence-corrected chi connectivity index (χ1v) is 6.28. The second-order valence-corrected chi connectivity index (χ2v) is 4.90. The smallest absolute Gasteiger partial charge is 0.245 e. The van der Waals surface area contributed by atoms with Crippen LogP contribution in [0.5, 0.6) is 5.88 Å². The van der Waals surface area contributed by atoms with Crippen LogP contribution in [0.15, 0.2) is 0 Å². The molecule has 0 unspecified atom stereocenters. The Morgan fingerprint density at radius 2 is 2.28 bits per heavy atom. The third kappa shape index (κ3) is 2.65. The summed E-state index contributed by atoms with van der Waals surface area (Å²) in [6, 6.07) is 0. The first-order chi connectivity index (χ1) is 8.61. The minimum atomic E-state index is 0.449. The number of aromatic nitrogens is 4. The molecule has 0 aromatic carbocycles. The Hall–Kier alpha value is -1.54. The van der Waals surface area contributed by atoms with Crippen LogP contribution in [0.1, 0.15) is 4.88 Å². The minimum absolute atomic E-state index is 0.449. The fraction of sp³-hybridized carbons (Fsp3) is 0.444. The molecule has 0 fully saturated rings. The van der Waals surface area contributed by atoms with Crippen molar-refractivity contribution in [2.24, 2.45) is 0 Å². The Morgan fingerprint density at radius 3 is 2.83 bits per heavy atom. The molecule has 0 atom stereocenters. The van der Waals surface area contributed by atoms with E-state index in [0.29, 0.717) is 29.3 Å². The van der Waals surface area contributed by atoms with Gasteiger partial charge in [-0.25, -0.2) is 5.10 Å². The van der Waals surface area contributed by atoms with E-state index in [2.05, 4.69) is 24.9 Å². The second-order valence-electron chi connectivity index (χ2n) is 3.66. The summed E-state index contributed by atoms with van der Waals surface area (Å²) in [5.41, 5.74) is 0. The van der Waals surface area contributed by atoms with Gasteiger partial charge in [0.15, 0.2) is 0 Å². The van der Waals surface area contributed by atoms with E-state index in [1.54, 1.807) is 0 Å². The van der Waals surface area contributed by atoms with E-state index in [-0.39, 0.29) is 0 Å². The number of methoxy groups -OCH3 is 1. The Kier molecular flexibility index (Phi) is 3.87. The van der Waals surface area contributed by atoms with Gasteiger partial charge in [-0.05, 0) is 11.5 Å². The Balaban J connectivity index is 2.00. The number of hydrogen-bond acceptors (Lipinski definition) is 7. The number of H-pyrrole nitrogens is 1. The van der Waals surface area contributed by atoms with E-state index in [9.17, 15) is 0 Å². The van der Waals surface area contributed by atoms with E-state index >= 15 is 0 Å². The van der Waals surface area contributed by atoms with Gasteiger partial charge in [-0.15, -0.1) is 5.10 Å². The third-order valence-electron chi connectivity index (χ3n) is 2.15. The molecular weight excluding hydrogens is 276 g/mol. The van der Waals surface area contributed by atoms with Gasteiger partial charge in [-0.3, -0.25) is 0 Å². The molecule has 2 N–H and O–H groups in total. The molecule has 0 aliphatic heterocycles. The van der Waals surface area contributed by atoms with Crippen molar-refractivity contribution in [1.82, 2.24) is 19.6 Å².